The smallest absolute Gasteiger partial charge is 0.265 e. The van der Waals surface area contributed by atoms with Crippen LogP contribution < -0.4 is 15.0 Å². The van der Waals surface area contributed by atoms with Crippen molar-refractivity contribution in [2.75, 3.05) is 44.6 Å². The number of halogens is 2. The van der Waals surface area contributed by atoms with Crippen LogP contribution in [0.1, 0.15) is 28.0 Å². The van der Waals surface area contributed by atoms with E-state index in [0.717, 1.165) is 59.6 Å². The highest BCUT2D eigenvalue weighted by atomic mass is 32.2. The van der Waals surface area contributed by atoms with Gasteiger partial charge in [0.05, 0.1) is 47.2 Å². The van der Waals surface area contributed by atoms with Gasteiger partial charge in [-0.1, -0.05) is 12.1 Å². The fourth-order valence-electron chi connectivity index (χ4n) is 4.69. The lowest BCUT2D eigenvalue weighted by Gasteiger charge is -2.32. The van der Waals surface area contributed by atoms with E-state index in [-0.39, 0.29) is 12.1 Å². The number of ether oxygens (including phenoxy) is 2. The van der Waals surface area contributed by atoms with Crippen molar-refractivity contribution in [1.29, 1.82) is 0 Å². The molecule has 9 nitrogen and oxygen atoms in total. The summed E-state index contributed by atoms with van der Waals surface area (Å²) in [6.45, 7) is 2.67. The van der Waals surface area contributed by atoms with Crippen LogP contribution in [0, 0.1) is 0 Å². The Morgan fingerprint density at radius 2 is 2.00 bits per heavy atom. The van der Waals surface area contributed by atoms with Crippen molar-refractivity contribution in [3.63, 3.8) is 0 Å². The van der Waals surface area contributed by atoms with Crippen molar-refractivity contribution in [3.05, 3.63) is 77.6 Å². The number of benzene rings is 2. The number of fused-ring (bicyclic) bond motifs is 2. The molecule has 1 N–H and O–H groups in total. The fraction of sp³-hybridized carbons (Fsp3) is 0.276. The van der Waals surface area contributed by atoms with Crippen LogP contribution in [0.4, 0.5) is 14.5 Å². The predicted molar refractivity (Wildman–Crippen MR) is 150 cm³/mol. The van der Waals surface area contributed by atoms with Gasteiger partial charge in [0.2, 0.25) is 0 Å². The molecule has 2 aromatic heterocycles. The van der Waals surface area contributed by atoms with Crippen LogP contribution in [-0.4, -0.2) is 64.0 Å². The number of carbonyl (C=O) groups excluding carboxylic acids is 1. The van der Waals surface area contributed by atoms with E-state index < -0.39 is 32.6 Å². The average Bonchev–Trinajstić information content (AvgIpc) is 2.97. The van der Waals surface area contributed by atoms with Crippen molar-refractivity contribution in [2.24, 2.45) is 0 Å². The topological polar surface area (TPSA) is 111 Å². The first-order valence-corrected chi connectivity index (χ1v) is 14.7. The summed E-state index contributed by atoms with van der Waals surface area (Å²) in [6, 6.07) is 14.6. The summed E-state index contributed by atoms with van der Waals surface area (Å²) in [5, 5.41) is 3.47. The molecule has 0 bridgehead atoms. The minimum Gasteiger partial charge on any atom is -0.489 e. The van der Waals surface area contributed by atoms with E-state index in [9.17, 15) is 22.0 Å². The number of amides is 1. The van der Waals surface area contributed by atoms with Gasteiger partial charge in [0.1, 0.15) is 6.61 Å². The van der Waals surface area contributed by atoms with E-state index in [0.29, 0.717) is 24.4 Å². The fourth-order valence-corrected chi connectivity index (χ4v) is 5.62. The molecule has 0 unspecified atom stereocenters. The van der Waals surface area contributed by atoms with Gasteiger partial charge < -0.3 is 19.7 Å². The monoisotopic (exact) mass is 582 g/mol. The summed E-state index contributed by atoms with van der Waals surface area (Å²) in [5.41, 5.74) is 3.03. The Hall–Kier alpha value is -4.16. The summed E-state index contributed by atoms with van der Waals surface area (Å²) >= 11 is 0. The van der Waals surface area contributed by atoms with Gasteiger partial charge >= 0.3 is 0 Å². The molecular weight excluding hydrogens is 554 g/mol. The van der Waals surface area contributed by atoms with Gasteiger partial charge in [-0.05, 0) is 42.5 Å². The number of sulfone groups is 1. The summed E-state index contributed by atoms with van der Waals surface area (Å²) in [4.78, 5) is 23.6. The molecule has 1 amide bonds. The molecule has 3 heterocycles. The number of carbonyl (C=O) groups is 1. The highest BCUT2D eigenvalue weighted by Crippen LogP contribution is 2.40. The molecule has 0 saturated heterocycles. The second-order valence-corrected chi connectivity index (χ2v) is 11.5. The highest BCUT2D eigenvalue weighted by Gasteiger charge is 2.23. The molecule has 1 aliphatic heterocycles. The Morgan fingerprint density at radius 3 is 2.76 bits per heavy atom. The molecule has 1 aliphatic rings. The molecule has 0 radical (unpaired) electrons. The van der Waals surface area contributed by atoms with Gasteiger partial charge in [0.25, 0.3) is 12.3 Å². The van der Waals surface area contributed by atoms with Crippen LogP contribution in [-0.2, 0) is 21.1 Å². The summed E-state index contributed by atoms with van der Waals surface area (Å²) in [6.07, 6.45) is -0.514. The van der Waals surface area contributed by atoms with E-state index in [1.165, 1.54) is 6.07 Å². The molecule has 2 aromatic carbocycles. The van der Waals surface area contributed by atoms with Gasteiger partial charge in [-0.25, -0.2) is 22.2 Å². The second kappa shape index (κ2) is 11.8. The van der Waals surface area contributed by atoms with Crippen LogP contribution in [0.15, 0.2) is 65.7 Å². The number of pyridine rings is 2. The molecule has 214 valence electrons. The van der Waals surface area contributed by atoms with E-state index in [1.54, 1.807) is 19.4 Å². The minimum atomic E-state index is -3.96. The molecule has 5 rings (SSSR count). The van der Waals surface area contributed by atoms with Crippen LogP contribution in [0.25, 0.3) is 22.2 Å². The third-order valence-corrected chi connectivity index (χ3v) is 7.91. The molecule has 12 heteroatoms. The lowest BCUT2D eigenvalue weighted by molar-refractivity contribution is 0.0949. The van der Waals surface area contributed by atoms with Crippen molar-refractivity contribution in [2.45, 2.75) is 17.9 Å². The van der Waals surface area contributed by atoms with Gasteiger partial charge in [0, 0.05) is 48.2 Å². The van der Waals surface area contributed by atoms with E-state index in [1.807, 2.05) is 30.3 Å². The zero-order valence-corrected chi connectivity index (χ0v) is 23.2. The Kier molecular flexibility index (Phi) is 8.13. The summed E-state index contributed by atoms with van der Waals surface area (Å²) in [7, 11) is -2.29. The molecular formula is C29H28F2N4O5S. The number of nitrogens with one attached hydrogen (secondary N) is 1. The second-order valence-electron chi connectivity index (χ2n) is 9.56. The number of aromatic nitrogens is 2. The number of methoxy groups -OCH3 is 1. The summed E-state index contributed by atoms with van der Waals surface area (Å²) in [5.74, 6) is 0.139. The van der Waals surface area contributed by atoms with Gasteiger partial charge in [-0.3, -0.25) is 9.78 Å². The quantitative estimate of drug-likeness (QED) is 0.309. The maximum Gasteiger partial charge on any atom is 0.265 e. The zero-order chi connectivity index (χ0) is 29.1. The number of hydrogen-bond donors (Lipinski definition) is 1. The predicted octanol–water partition coefficient (Wildman–Crippen LogP) is 4.41. The van der Waals surface area contributed by atoms with Gasteiger partial charge in [-0.2, -0.15) is 0 Å². The molecule has 0 spiro atoms. The SMILES string of the molecule is COCCN1CCOc2c(-c3ccc4cnc(CNC(=O)c5ccc(C(F)F)c(S(C)(=O)=O)c5)cc4n3)cccc21. The Balaban J connectivity index is 1.38. The molecule has 41 heavy (non-hydrogen) atoms. The number of nitrogens with zero attached hydrogens (tertiary/aromatic N) is 3. The molecule has 0 aliphatic carbocycles. The number of alkyl halides is 2. The Labute approximate surface area is 236 Å². The van der Waals surface area contributed by atoms with Crippen molar-refractivity contribution in [3.8, 4) is 17.0 Å². The van der Waals surface area contributed by atoms with Crippen molar-refractivity contribution in [1.82, 2.24) is 15.3 Å². The van der Waals surface area contributed by atoms with Crippen LogP contribution >= 0.6 is 0 Å². The number of hydrogen-bond acceptors (Lipinski definition) is 8. The number of para-hydroxylation sites is 1. The molecule has 0 saturated carbocycles. The van der Waals surface area contributed by atoms with Crippen molar-refractivity contribution >= 4 is 32.3 Å². The zero-order valence-electron chi connectivity index (χ0n) is 22.4. The minimum absolute atomic E-state index is 0.0177. The average molecular weight is 583 g/mol. The third kappa shape index (κ3) is 6.13. The van der Waals surface area contributed by atoms with Crippen LogP contribution in [0.2, 0.25) is 0 Å². The Bertz CT molecular complexity index is 1720. The maximum absolute atomic E-state index is 13.3. The standard InChI is InChI=1S/C29H28F2N4O5S/c1-39-12-10-35-11-13-40-27-21(4-3-5-25(27)35)23-9-7-19-16-32-20(15-24(19)34-23)17-33-29(36)18-6-8-22(28(30)31)26(14-18)41(2,37)38/h3-9,14-16,28H,10-13,17H2,1-2H3,(H,33,36). The first kappa shape index (κ1) is 28.4. The normalized spacial score (nSPS) is 13.2. The largest absolute Gasteiger partial charge is 0.489 e. The van der Waals surface area contributed by atoms with Gasteiger partial charge in [0.15, 0.2) is 15.6 Å². The number of rotatable bonds is 9. The molecule has 0 atom stereocenters. The summed E-state index contributed by atoms with van der Waals surface area (Å²) < 4.78 is 61.9. The first-order valence-electron chi connectivity index (χ1n) is 12.8. The van der Waals surface area contributed by atoms with Crippen LogP contribution in [0.3, 0.4) is 0 Å². The van der Waals surface area contributed by atoms with E-state index in [2.05, 4.69) is 15.2 Å². The van der Waals surface area contributed by atoms with E-state index >= 15 is 0 Å². The van der Waals surface area contributed by atoms with Gasteiger partial charge in [-0.15, -0.1) is 0 Å². The lowest BCUT2D eigenvalue weighted by atomic mass is 10.1. The molecule has 0 fully saturated rings. The third-order valence-electron chi connectivity index (χ3n) is 6.75. The Morgan fingerprint density at radius 1 is 1.17 bits per heavy atom. The number of anilines is 1. The van der Waals surface area contributed by atoms with Crippen molar-refractivity contribution < 1.29 is 31.5 Å². The highest BCUT2D eigenvalue weighted by molar-refractivity contribution is 7.90. The van der Waals surface area contributed by atoms with Crippen LogP contribution in [0.5, 0.6) is 5.75 Å². The van der Waals surface area contributed by atoms with E-state index in [4.69, 9.17) is 14.5 Å². The maximum atomic E-state index is 13.3. The lowest BCUT2D eigenvalue weighted by Crippen LogP contribution is -2.35. The molecule has 4 aromatic rings. The first-order chi connectivity index (χ1) is 19.7.